The van der Waals surface area contributed by atoms with Crippen LogP contribution in [0.2, 0.25) is 0 Å². The zero-order chi connectivity index (χ0) is 14.7. The Hall–Kier alpha value is -1.95. The molecule has 20 heavy (non-hydrogen) atoms. The zero-order valence-electron chi connectivity index (χ0n) is 12.1. The number of hydrogen-bond donors (Lipinski definition) is 1. The molecule has 0 aliphatic heterocycles. The second kappa shape index (κ2) is 6.00. The number of nitrogens with one attached hydrogen (secondary N) is 1. The van der Waals surface area contributed by atoms with Crippen molar-refractivity contribution in [3.63, 3.8) is 0 Å². The van der Waals surface area contributed by atoms with Crippen molar-refractivity contribution in [3.8, 4) is 5.75 Å². The molecule has 1 unspecified atom stereocenters. The van der Waals surface area contributed by atoms with E-state index in [4.69, 9.17) is 4.74 Å². The number of aryl methyl sites for hydroxylation is 1. The number of benzene rings is 1. The summed E-state index contributed by atoms with van der Waals surface area (Å²) >= 11 is 0. The molecule has 2 aromatic rings. The topological polar surface area (TPSA) is 52.0 Å². The fraction of sp³-hybridized carbons (Fsp3) is 0.429. The minimum Gasteiger partial charge on any atom is -0.485 e. The average Bonchev–Trinajstić information content (AvgIpc) is 2.76. The first-order valence-corrected chi connectivity index (χ1v) is 6.47. The van der Waals surface area contributed by atoms with E-state index in [-0.39, 0.29) is 11.9 Å². The Morgan fingerprint density at radius 1 is 1.40 bits per heavy atom. The van der Waals surface area contributed by atoms with Crippen LogP contribution in [0.25, 0.3) is 0 Å². The minimum absolute atomic E-state index is 0.00179. The average molecular weight is 278 g/mol. The maximum atomic E-state index is 13.4. The molecule has 0 amide bonds. The monoisotopic (exact) mass is 278 g/mol. The molecule has 1 aromatic carbocycles. The van der Waals surface area contributed by atoms with Crippen LogP contribution in [0.4, 0.5) is 4.39 Å². The molecule has 0 spiro atoms. The molecule has 1 atom stereocenters. The van der Waals surface area contributed by atoms with Crippen molar-refractivity contribution >= 4 is 0 Å². The summed E-state index contributed by atoms with van der Waals surface area (Å²) < 4.78 is 21.0. The number of nitrogens with zero attached hydrogens (tertiary/aromatic N) is 3. The van der Waals surface area contributed by atoms with Crippen molar-refractivity contribution in [2.45, 2.75) is 26.5 Å². The Balaban J connectivity index is 2.19. The van der Waals surface area contributed by atoms with Crippen molar-refractivity contribution in [1.82, 2.24) is 20.1 Å². The van der Waals surface area contributed by atoms with Crippen LogP contribution < -0.4 is 10.1 Å². The number of rotatable bonds is 5. The third-order valence-corrected chi connectivity index (χ3v) is 3.41. The molecule has 0 fully saturated rings. The third kappa shape index (κ3) is 2.96. The number of ether oxygens (including phenoxy) is 1. The Labute approximate surface area is 117 Å². The van der Waals surface area contributed by atoms with Gasteiger partial charge >= 0.3 is 0 Å². The zero-order valence-corrected chi connectivity index (χ0v) is 12.1. The number of hydrogen-bond acceptors (Lipinski definition) is 4. The molecule has 0 bridgehead atoms. The van der Waals surface area contributed by atoms with E-state index in [1.165, 1.54) is 12.1 Å². The summed E-state index contributed by atoms with van der Waals surface area (Å²) in [6, 6.07) is 4.52. The van der Waals surface area contributed by atoms with Gasteiger partial charge in [-0.05, 0) is 39.1 Å². The highest BCUT2D eigenvalue weighted by Gasteiger charge is 2.13. The summed E-state index contributed by atoms with van der Waals surface area (Å²) in [5.74, 6) is 1.93. The summed E-state index contributed by atoms with van der Waals surface area (Å²) in [6.07, 6.45) is 0. The molecule has 1 aromatic heterocycles. The van der Waals surface area contributed by atoms with Crippen LogP contribution in [0.15, 0.2) is 18.2 Å². The van der Waals surface area contributed by atoms with Crippen LogP contribution in [-0.4, -0.2) is 21.8 Å². The van der Waals surface area contributed by atoms with E-state index in [2.05, 4.69) is 15.5 Å². The lowest BCUT2D eigenvalue weighted by Crippen LogP contribution is -2.14. The SMILES string of the molecule is CNC(C)c1cc(F)ccc1OCc1nnc(C)n1C. The molecule has 0 saturated heterocycles. The molecule has 108 valence electrons. The van der Waals surface area contributed by atoms with Gasteiger partial charge in [-0.2, -0.15) is 0 Å². The first-order chi connectivity index (χ1) is 9.52. The maximum Gasteiger partial charge on any atom is 0.170 e. The van der Waals surface area contributed by atoms with Crippen molar-refractivity contribution < 1.29 is 9.13 Å². The van der Waals surface area contributed by atoms with Crippen LogP contribution in [-0.2, 0) is 13.7 Å². The van der Waals surface area contributed by atoms with Crippen LogP contribution in [0.3, 0.4) is 0 Å². The lowest BCUT2D eigenvalue weighted by Gasteiger charge is -2.16. The summed E-state index contributed by atoms with van der Waals surface area (Å²) in [6.45, 7) is 4.13. The predicted molar refractivity (Wildman–Crippen MR) is 73.9 cm³/mol. The van der Waals surface area contributed by atoms with E-state index < -0.39 is 0 Å². The van der Waals surface area contributed by atoms with Crippen molar-refractivity contribution in [3.05, 3.63) is 41.2 Å². The van der Waals surface area contributed by atoms with E-state index in [9.17, 15) is 4.39 Å². The van der Waals surface area contributed by atoms with Gasteiger partial charge in [-0.15, -0.1) is 10.2 Å². The normalized spacial score (nSPS) is 12.4. The highest BCUT2D eigenvalue weighted by molar-refractivity contribution is 5.36. The van der Waals surface area contributed by atoms with E-state index >= 15 is 0 Å². The first kappa shape index (κ1) is 14.5. The number of halogens is 1. The fourth-order valence-corrected chi connectivity index (χ4v) is 1.86. The standard InChI is InChI=1S/C14H19FN4O/c1-9(16-3)12-7-11(15)5-6-13(12)20-8-14-18-17-10(2)19(14)4/h5-7,9,16H,8H2,1-4H3. The van der Waals surface area contributed by atoms with E-state index in [0.29, 0.717) is 12.4 Å². The van der Waals surface area contributed by atoms with Gasteiger partial charge in [0.25, 0.3) is 0 Å². The summed E-state index contributed by atoms with van der Waals surface area (Å²) in [5, 5.41) is 11.1. The molecule has 0 saturated carbocycles. The second-order valence-electron chi connectivity index (χ2n) is 4.70. The van der Waals surface area contributed by atoms with Crippen molar-refractivity contribution in [1.29, 1.82) is 0 Å². The largest absolute Gasteiger partial charge is 0.485 e. The van der Waals surface area contributed by atoms with Gasteiger partial charge in [-0.25, -0.2) is 4.39 Å². The van der Waals surface area contributed by atoms with Crippen LogP contribution >= 0.6 is 0 Å². The third-order valence-electron chi connectivity index (χ3n) is 3.41. The van der Waals surface area contributed by atoms with Gasteiger partial charge in [-0.1, -0.05) is 0 Å². The number of aromatic nitrogens is 3. The highest BCUT2D eigenvalue weighted by atomic mass is 19.1. The minimum atomic E-state index is -0.274. The van der Waals surface area contributed by atoms with Crippen molar-refractivity contribution in [2.24, 2.45) is 7.05 Å². The molecule has 0 aliphatic carbocycles. The fourth-order valence-electron chi connectivity index (χ4n) is 1.86. The van der Waals surface area contributed by atoms with Gasteiger partial charge < -0.3 is 14.6 Å². The van der Waals surface area contributed by atoms with Gasteiger partial charge in [-0.3, -0.25) is 0 Å². The maximum absolute atomic E-state index is 13.4. The molecule has 5 nitrogen and oxygen atoms in total. The van der Waals surface area contributed by atoms with E-state index in [0.717, 1.165) is 17.2 Å². The summed E-state index contributed by atoms with van der Waals surface area (Å²) in [4.78, 5) is 0. The summed E-state index contributed by atoms with van der Waals surface area (Å²) in [7, 11) is 3.71. The molecule has 1 N–H and O–H groups in total. The lowest BCUT2D eigenvalue weighted by atomic mass is 10.1. The Kier molecular flexibility index (Phi) is 4.34. The summed E-state index contributed by atoms with van der Waals surface area (Å²) in [5.41, 5.74) is 0.784. The van der Waals surface area contributed by atoms with Crippen LogP contribution in [0, 0.1) is 12.7 Å². The Morgan fingerprint density at radius 2 is 2.15 bits per heavy atom. The predicted octanol–water partition coefficient (Wildman–Crippen LogP) is 2.12. The molecular formula is C14H19FN4O. The second-order valence-corrected chi connectivity index (χ2v) is 4.70. The smallest absolute Gasteiger partial charge is 0.170 e. The van der Waals surface area contributed by atoms with Crippen molar-refractivity contribution in [2.75, 3.05) is 7.05 Å². The molecule has 2 rings (SSSR count). The van der Waals surface area contributed by atoms with Gasteiger partial charge in [0.05, 0.1) is 0 Å². The quantitative estimate of drug-likeness (QED) is 0.910. The molecule has 0 radical (unpaired) electrons. The van der Waals surface area contributed by atoms with E-state index in [1.54, 1.807) is 6.07 Å². The molecular weight excluding hydrogens is 259 g/mol. The molecule has 0 aliphatic rings. The van der Waals surface area contributed by atoms with Gasteiger partial charge in [0, 0.05) is 18.7 Å². The Bertz CT molecular complexity index is 597. The Morgan fingerprint density at radius 3 is 2.75 bits per heavy atom. The van der Waals surface area contributed by atoms with Gasteiger partial charge in [0.2, 0.25) is 0 Å². The van der Waals surface area contributed by atoms with Crippen LogP contribution in [0.1, 0.15) is 30.2 Å². The highest BCUT2D eigenvalue weighted by Crippen LogP contribution is 2.26. The van der Waals surface area contributed by atoms with Crippen LogP contribution in [0.5, 0.6) is 5.75 Å². The van der Waals surface area contributed by atoms with E-state index in [1.807, 2.05) is 32.5 Å². The first-order valence-electron chi connectivity index (χ1n) is 6.47. The van der Waals surface area contributed by atoms with Gasteiger partial charge in [0.1, 0.15) is 24.0 Å². The molecule has 6 heteroatoms. The molecule has 1 heterocycles. The van der Waals surface area contributed by atoms with Gasteiger partial charge in [0.15, 0.2) is 5.82 Å². The lowest BCUT2D eigenvalue weighted by molar-refractivity contribution is 0.285.